The van der Waals surface area contributed by atoms with E-state index in [2.05, 4.69) is 25.7 Å². The Labute approximate surface area is 93.5 Å². The predicted octanol–water partition coefficient (Wildman–Crippen LogP) is 2.07. The molecule has 0 amide bonds. The molecule has 1 aliphatic rings. The maximum Gasteiger partial charge on any atom is 0.0966 e. The molecule has 0 atom stereocenters. The molecule has 3 heteroatoms. The third kappa shape index (κ3) is 3.49. The van der Waals surface area contributed by atoms with E-state index in [9.17, 15) is 0 Å². The van der Waals surface area contributed by atoms with Crippen LogP contribution in [0.5, 0.6) is 0 Å². The second-order valence-corrected chi connectivity index (χ2v) is 5.50. The number of nitrogens with one attached hydrogen (secondary N) is 1. The molecule has 0 aliphatic carbocycles. The van der Waals surface area contributed by atoms with Gasteiger partial charge in [0.2, 0.25) is 0 Å². The molecule has 0 bridgehead atoms. The van der Waals surface area contributed by atoms with Gasteiger partial charge in [0.15, 0.2) is 0 Å². The van der Waals surface area contributed by atoms with E-state index in [0.717, 1.165) is 31.8 Å². The van der Waals surface area contributed by atoms with Crippen LogP contribution < -0.4 is 5.73 Å². The molecule has 0 aromatic rings. The minimum atomic E-state index is -0.0334. The molecule has 0 aromatic carbocycles. The summed E-state index contributed by atoms with van der Waals surface area (Å²) in [6.07, 6.45) is 3.36. The number of nitrogens with two attached hydrogens (primary N) is 1. The Kier molecular flexibility index (Phi) is 4.14. The molecule has 0 radical (unpaired) electrons. The van der Waals surface area contributed by atoms with E-state index in [1.54, 1.807) is 0 Å². The molecule has 0 aromatic heterocycles. The first-order chi connectivity index (χ1) is 6.94. The van der Waals surface area contributed by atoms with E-state index in [1.165, 1.54) is 13.0 Å². The smallest absolute Gasteiger partial charge is 0.0966 e. The highest BCUT2D eigenvalue weighted by Gasteiger charge is 2.32. The van der Waals surface area contributed by atoms with Crippen molar-refractivity contribution >= 4 is 5.84 Å². The standard InChI is InChI=1S/C12H25N3/c1-10(2)4-7-15-8-5-12(3,6-9-15)11(13)14/h10H,4-9H2,1-3H3,(H3,13,14). The Balaban J connectivity index is 2.32. The van der Waals surface area contributed by atoms with Gasteiger partial charge in [-0.05, 0) is 44.8 Å². The van der Waals surface area contributed by atoms with Crippen LogP contribution in [0.1, 0.15) is 40.0 Å². The lowest BCUT2D eigenvalue weighted by molar-refractivity contribution is 0.156. The maximum absolute atomic E-state index is 7.58. The van der Waals surface area contributed by atoms with Gasteiger partial charge >= 0.3 is 0 Å². The monoisotopic (exact) mass is 211 g/mol. The zero-order valence-electron chi connectivity index (χ0n) is 10.3. The summed E-state index contributed by atoms with van der Waals surface area (Å²) < 4.78 is 0. The summed E-state index contributed by atoms with van der Waals surface area (Å²) in [4.78, 5) is 2.50. The third-order valence-electron chi connectivity index (χ3n) is 3.63. The van der Waals surface area contributed by atoms with Crippen LogP contribution >= 0.6 is 0 Å². The van der Waals surface area contributed by atoms with Crippen LogP contribution in [0.25, 0.3) is 0 Å². The van der Waals surface area contributed by atoms with Crippen molar-refractivity contribution in [3.8, 4) is 0 Å². The number of amidine groups is 1. The average Bonchev–Trinajstić information content (AvgIpc) is 2.16. The minimum absolute atomic E-state index is 0.0334. The van der Waals surface area contributed by atoms with Crippen LogP contribution in [-0.4, -0.2) is 30.4 Å². The predicted molar refractivity (Wildman–Crippen MR) is 65.2 cm³/mol. The van der Waals surface area contributed by atoms with Gasteiger partial charge < -0.3 is 10.6 Å². The lowest BCUT2D eigenvalue weighted by atomic mass is 9.79. The van der Waals surface area contributed by atoms with Crippen molar-refractivity contribution in [1.82, 2.24) is 4.90 Å². The molecule has 3 N–H and O–H groups in total. The number of likely N-dealkylation sites (tertiary alicyclic amines) is 1. The lowest BCUT2D eigenvalue weighted by Gasteiger charge is -2.38. The molecule has 1 rings (SSSR count). The summed E-state index contributed by atoms with van der Waals surface area (Å²) >= 11 is 0. The van der Waals surface area contributed by atoms with Gasteiger partial charge in [-0.1, -0.05) is 20.8 Å². The zero-order chi connectivity index (χ0) is 11.5. The van der Waals surface area contributed by atoms with Crippen molar-refractivity contribution in [3.63, 3.8) is 0 Å². The van der Waals surface area contributed by atoms with Crippen molar-refractivity contribution in [2.24, 2.45) is 17.1 Å². The second kappa shape index (κ2) is 4.97. The SMILES string of the molecule is CC(C)CCN1CCC(C)(C(=N)N)CC1. The largest absolute Gasteiger partial charge is 0.387 e. The first-order valence-electron chi connectivity index (χ1n) is 6.01. The Hall–Kier alpha value is -0.570. The van der Waals surface area contributed by atoms with Gasteiger partial charge in [0.25, 0.3) is 0 Å². The molecular weight excluding hydrogens is 186 g/mol. The third-order valence-corrected chi connectivity index (χ3v) is 3.63. The Morgan fingerprint density at radius 1 is 1.40 bits per heavy atom. The van der Waals surface area contributed by atoms with Gasteiger partial charge in [-0.25, -0.2) is 0 Å². The van der Waals surface area contributed by atoms with E-state index >= 15 is 0 Å². The van der Waals surface area contributed by atoms with Crippen LogP contribution in [0.3, 0.4) is 0 Å². The summed E-state index contributed by atoms with van der Waals surface area (Å²) in [5.41, 5.74) is 5.60. The molecule has 1 saturated heterocycles. The molecule has 3 nitrogen and oxygen atoms in total. The first-order valence-corrected chi connectivity index (χ1v) is 6.01. The topological polar surface area (TPSA) is 53.1 Å². The summed E-state index contributed by atoms with van der Waals surface area (Å²) in [7, 11) is 0. The molecule has 88 valence electrons. The van der Waals surface area contributed by atoms with Crippen molar-refractivity contribution in [2.75, 3.05) is 19.6 Å². The number of hydrogen-bond acceptors (Lipinski definition) is 2. The van der Waals surface area contributed by atoms with Crippen LogP contribution in [0.15, 0.2) is 0 Å². The summed E-state index contributed by atoms with van der Waals surface area (Å²) in [5, 5.41) is 7.58. The van der Waals surface area contributed by atoms with Gasteiger partial charge in [-0.15, -0.1) is 0 Å². The second-order valence-electron chi connectivity index (χ2n) is 5.50. The molecule has 1 fully saturated rings. The van der Waals surface area contributed by atoms with Crippen LogP contribution in [0, 0.1) is 16.7 Å². The minimum Gasteiger partial charge on any atom is -0.387 e. The van der Waals surface area contributed by atoms with Gasteiger partial charge in [-0.2, -0.15) is 0 Å². The first kappa shape index (κ1) is 12.5. The van der Waals surface area contributed by atoms with E-state index in [4.69, 9.17) is 11.1 Å². The molecule has 0 unspecified atom stereocenters. The van der Waals surface area contributed by atoms with E-state index in [-0.39, 0.29) is 5.41 Å². The van der Waals surface area contributed by atoms with Crippen LogP contribution in [-0.2, 0) is 0 Å². The molecule has 1 heterocycles. The quantitative estimate of drug-likeness (QED) is 0.552. The van der Waals surface area contributed by atoms with E-state index in [0.29, 0.717) is 5.84 Å². The fraction of sp³-hybridized carbons (Fsp3) is 0.917. The lowest BCUT2D eigenvalue weighted by Crippen LogP contribution is -2.45. The van der Waals surface area contributed by atoms with Crippen molar-refractivity contribution < 1.29 is 0 Å². The number of piperidine rings is 1. The highest BCUT2D eigenvalue weighted by Crippen LogP contribution is 2.30. The van der Waals surface area contributed by atoms with Crippen molar-refractivity contribution in [3.05, 3.63) is 0 Å². The highest BCUT2D eigenvalue weighted by atomic mass is 15.1. The number of nitrogens with zero attached hydrogens (tertiary/aromatic N) is 1. The molecule has 0 saturated carbocycles. The van der Waals surface area contributed by atoms with Crippen molar-refractivity contribution in [1.29, 1.82) is 5.41 Å². The van der Waals surface area contributed by atoms with Gasteiger partial charge in [-0.3, -0.25) is 5.41 Å². The van der Waals surface area contributed by atoms with Gasteiger partial charge in [0.05, 0.1) is 5.84 Å². The Bertz CT molecular complexity index is 215. The maximum atomic E-state index is 7.58. The summed E-state index contributed by atoms with van der Waals surface area (Å²) in [6.45, 7) is 10.1. The zero-order valence-corrected chi connectivity index (χ0v) is 10.3. The fourth-order valence-electron chi connectivity index (χ4n) is 1.98. The van der Waals surface area contributed by atoms with Crippen molar-refractivity contribution in [2.45, 2.75) is 40.0 Å². The van der Waals surface area contributed by atoms with Gasteiger partial charge in [0, 0.05) is 5.41 Å². The summed E-state index contributed by atoms with van der Waals surface area (Å²) in [5.74, 6) is 1.15. The van der Waals surface area contributed by atoms with Crippen LogP contribution in [0.4, 0.5) is 0 Å². The number of rotatable bonds is 4. The Morgan fingerprint density at radius 2 is 1.93 bits per heavy atom. The Morgan fingerprint density at radius 3 is 2.33 bits per heavy atom. The summed E-state index contributed by atoms with van der Waals surface area (Å²) in [6, 6.07) is 0. The van der Waals surface area contributed by atoms with E-state index in [1.807, 2.05) is 0 Å². The number of hydrogen-bond donors (Lipinski definition) is 2. The molecule has 15 heavy (non-hydrogen) atoms. The van der Waals surface area contributed by atoms with Gasteiger partial charge in [0.1, 0.15) is 0 Å². The normalized spacial score (nSPS) is 21.9. The highest BCUT2D eigenvalue weighted by molar-refractivity contribution is 5.83. The molecule has 0 spiro atoms. The average molecular weight is 211 g/mol. The fourth-order valence-corrected chi connectivity index (χ4v) is 1.98. The van der Waals surface area contributed by atoms with Crippen LogP contribution in [0.2, 0.25) is 0 Å². The molecule has 1 aliphatic heterocycles. The molecular formula is C12H25N3. The van der Waals surface area contributed by atoms with E-state index < -0.39 is 0 Å².